The third kappa shape index (κ3) is 4.10. The molecule has 162 valence electrons. The molecule has 4 rings (SSSR count). The maximum atomic E-state index is 15.4. The molecule has 2 aromatic carbocycles. The summed E-state index contributed by atoms with van der Waals surface area (Å²) in [4.78, 5) is 0. The highest BCUT2D eigenvalue weighted by atomic mass is 19.1. The van der Waals surface area contributed by atoms with Crippen molar-refractivity contribution < 1.29 is 17.9 Å². The molecule has 0 aromatic heterocycles. The van der Waals surface area contributed by atoms with Gasteiger partial charge in [0.2, 0.25) is 0 Å². The molecule has 4 unspecified atom stereocenters. The first kappa shape index (κ1) is 21.3. The van der Waals surface area contributed by atoms with Gasteiger partial charge in [-0.3, -0.25) is 0 Å². The van der Waals surface area contributed by atoms with Crippen molar-refractivity contribution >= 4 is 10.8 Å². The van der Waals surface area contributed by atoms with Gasteiger partial charge < -0.3 is 4.74 Å². The fourth-order valence-electron chi connectivity index (χ4n) is 5.72. The van der Waals surface area contributed by atoms with E-state index in [4.69, 9.17) is 4.74 Å². The van der Waals surface area contributed by atoms with Crippen LogP contribution >= 0.6 is 0 Å². The van der Waals surface area contributed by atoms with E-state index in [1.54, 1.807) is 6.08 Å². The number of fused-ring (bicyclic) bond motifs is 2. The molecule has 30 heavy (non-hydrogen) atoms. The first-order valence-electron chi connectivity index (χ1n) is 11.4. The van der Waals surface area contributed by atoms with E-state index in [1.807, 2.05) is 13.0 Å². The molecule has 0 amide bonds. The molecule has 0 radical (unpaired) electrons. The van der Waals surface area contributed by atoms with E-state index in [9.17, 15) is 4.39 Å². The minimum atomic E-state index is -0.729. The molecule has 4 heteroatoms. The molecule has 0 saturated heterocycles. The lowest BCUT2D eigenvalue weighted by Crippen LogP contribution is -2.30. The first-order chi connectivity index (χ1) is 14.5. The van der Waals surface area contributed by atoms with Crippen molar-refractivity contribution in [3.63, 3.8) is 0 Å². The van der Waals surface area contributed by atoms with E-state index in [1.165, 1.54) is 37.5 Å². The minimum Gasteiger partial charge on any atom is -0.489 e. The summed E-state index contributed by atoms with van der Waals surface area (Å²) in [5.74, 6) is 0.142. The number of rotatable bonds is 5. The molecule has 0 heterocycles. The van der Waals surface area contributed by atoms with Crippen LogP contribution in [0.2, 0.25) is 0 Å². The van der Waals surface area contributed by atoms with Gasteiger partial charge in [-0.2, -0.15) is 0 Å². The summed E-state index contributed by atoms with van der Waals surface area (Å²) < 4.78 is 50.7. The van der Waals surface area contributed by atoms with Crippen LogP contribution in [0.4, 0.5) is 13.2 Å². The van der Waals surface area contributed by atoms with Gasteiger partial charge >= 0.3 is 0 Å². The molecule has 4 atom stereocenters. The zero-order valence-electron chi connectivity index (χ0n) is 17.9. The van der Waals surface area contributed by atoms with Crippen LogP contribution in [0.1, 0.15) is 70.3 Å². The van der Waals surface area contributed by atoms with Gasteiger partial charge in [0.25, 0.3) is 0 Å². The van der Waals surface area contributed by atoms with Crippen molar-refractivity contribution in [2.45, 2.75) is 64.7 Å². The monoisotopic (exact) mass is 416 g/mol. The molecule has 0 spiro atoms. The summed E-state index contributed by atoms with van der Waals surface area (Å²) in [6.45, 7) is 4.40. The lowest BCUT2D eigenvalue weighted by molar-refractivity contribution is 0.115. The number of hydrogen-bond donors (Lipinski definition) is 0. The molecule has 2 fully saturated rings. The third-order valence-corrected chi connectivity index (χ3v) is 7.38. The maximum absolute atomic E-state index is 15.4. The molecule has 0 bridgehead atoms. The Balaban J connectivity index is 1.62. The fraction of sp³-hybridized carbons (Fsp3) is 0.538. The molecule has 2 saturated carbocycles. The molecule has 2 aromatic rings. The predicted molar refractivity (Wildman–Crippen MR) is 115 cm³/mol. The standard InChI is InChI=1S/C26H31F3O/c1-3-5-10-30-21-13-20-14-22(27)24(26(29)25(20)23(28)15-21)19-9-8-17-11-16(4-2)6-7-18(17)12-19/h3,5,13-19H,4,6-12H2,1-2H3/b5-3+. The normalized spacial score (nSPS) is 26.8. The Labute approximate surface area is 177 Å². The van der Waals surface area contributed by atoms with Gasteiger partial charge in [0, 0.05) is 11.6 Å². The maximum Gasteiger partial charge on any atom is 0.140 e. The van der Waals surface area contributed by atoms with E-state index in [0.29, 0.717) is 11.8 Å². The van der Waals surface area contributed by atoms with E-state index in [0.717, 1.165) is 31.6 Å². The second-order valence-electron chi connectivity index (χ2n) is 9.09. The number of ether oxygens (including phenoxy) is 1. The lowest BCUT2D eigenvalue weighted by Gasteiger charge is -2.42. The summed E-state index contributed by atoms with van der Waals surface area (Å²) in [5.41, 5.74) is 0.0834. The van der Waals surface area contributed by atoms with Crippen molar-refractivity contribution in [2.24, 2.45) is 17.8 Å². The second-order valence-corrected chi connectivity index (χ2v) is 9.09. The van der Waals surface area contributed by atoms with Crippen molar-refractivity contribution in [3.05, 3.63) is 53.4 Å². The van der Waals surface area contributed by atoms with Crippen molar-refractivity contribution in [1.29, 1.82) is 0 Å². The lowest BCUT2D eigenvalue weighted by atomic mass is 9.63. The Hall–Kier alpha value is -1.97. The highest BCUT2D eigenvalue weighted by molar-refractivity contribution is 5.86. The Morgan fingerprint density at radius 3 is 2.50 bits per heavy atom. The smallest absolute Gasteiger partial charge is 0.140 e. The first-order valence-corrected chi connectivity index (χ1v) is 11.4. The van der Waals surface area contributed by atoms with Crippen LogP contribution in [0.15, 0.2) is 30.4 Å². The third-order valence-electron chi connectivity index (χ3n) is 7.38. The van der Waals surface area contributed by atoms with Crippen LogP contribution in [0.3, 0.4) is 0 Å². The average molecular weight is 417 g/mol. The summed E-state index contributed by atoms with van der Waals surface area (Å²) in [5, 5.41) is 0.0861. The fourth-order valence-corrected chi connectivity index (χ4v) is 5.72. The number of hydrogen-bond acceptors (Lipinski definition) is 1. The Bertz CT molecular complexity index is 936. The van der Waals surface area contributed by atoms with Gasteiger partial charge in [0.05, 0.1) is 5.39 Å². The van der Waals surface area contributed by atoms with Gasteiger partial charge in [0.1, 0.15) is 29.8 Å². The second kappa shape index (κ2) is 9.03. The largest absolute Gasteiger partial charge is 0.489 e. The van der Waals surface area contributed by atoms with Crippen LogP contribution in [0, 0.1) is 35.2 Å². The van der Waals surface area contributed by atoms with Crippen LogP contribution in [0.5, 0.6) is 5.75 Å². The van der Waals surface area contributed by atoms with Gasteiger partial charge in [-0.25, -0.2) is 13.2 Å². The summed E-state index contributed by atoms with van der Waals surface area (Å²) in [6, 6.07) is 3.99. The quantitative estimate of drug-likeness (QED) is 0.450. The highest BCUT2D eigenvalue weighted by Gasteiger charge is 2.37. The number of allylic oxidation sites excluding steroid dienone is 1. The zero-order chi connectivity index (χ0) is 21.3. The number of halogens is 3. The molecule has 0 N–H and O–H groups in total. The topological polar surface area (TPSA) is 9.23 Å². The Morgan fingerprint density at radius 1 is 0.967 bits per heavy atom. The minimum absolute atomic E-state index is 0.0834. The molecule has 2 aliphatic rings. The average Bonchev–Trinajstić information content (AvgIpc) is 2.73. The summed E-state index contributed by atoms with van der Waals surface area (Å²) in [6.07, 6.45) is 11.1. The van der Waals surface area contributed by atoms with Gasteiger partial charge in [0.15, 0.2) is 0 Å². The van der Waals surface area contributed by atoms with Crippen LogP contribution in [-0.2, 0) is 0 Å². The number of benzene rings is 2. The van der Waals surface area contributed by atoms with Crippen molar-refractivity contribution in [3.8, 4) is 5.75 Å². The van der Waals surface area contributed by atoms with Crippen LogP contribution < -0.4 is 4.74 Å². The van der Waals surface area contributed by atoms with E-state index >= 15 is 8.78 Å². The van der Waals surface area contributed by atoms with Gasteiger partial charge in [-0.15, -0.1) is 0 Å². The van der Waals surface area contributed by atoms with E-state index in [2.05, 4.69) is 6.92 Å². The zero-order valence-corrected chi connectivity index (χ0v) is 17.9. The van der Waals surface area contributed by atoms with Crippen molar-refractivity contribution in [1.82, 2.24) is 0 Å². The molecular formula is C26H31F3O. The molecule has 0 aliphatic heterocycles. The summed E-state index contributed by atoms with van der Waals surface area (Å²) >= 11 is 0. The van der Waals surface area contributed by atoms with Crippen LogP contribution in [-0.4, -0.2) is 6.61 Å². The van der Waals surface area contributed by atoms with E-state index < -0.39 is 17.5 Å². The Morgan fingerprint density at radius 2 is 1.73 bits per heavy atom. The molecular weight excluding hydrogens is 385 g/mol. The summed E-state index contributed by atoms with van der Waals surface area (Å²) in [7, 11) is 0. The van der Waals surface area contributed by atoms with E-state index in [-0.39, 0.29) is 34.6 Å². The van der Waals surface area contributed by atoms with Crippen LogP contribution in [0.25, 0.3) is 10.8 Å². The molecule has 1 nitrogen and oxygen atoms in total. The van der Waals surface area contributed by atoms with Crippen molar-refractivity contribution in [2.75, 3.05) is 6.61 Å². The Kier molecular flexibility index (Phi) is 6.40. The van der Waals surface area contributed by atoms with Gasteiger partial charge in [-0.05, 0) is 80.2 Å². The molecule has 2 aliphatic carbocycles. The van der Waals surface area contributed by atoms with Gasteiger partial charge in [-0.1, -0.05) is 31.9 Å². The highest BCUT2D eigenvalue weighted by Crippen LogP contribution is 2.49. The SMILES string of the molecule is C/C=C/COc1cc(F)c2c(F)c(C3CCC4CC(CC)CCC4C3)c(F)cc2c1. The predicted octanol–water partition coefficient (Wildman–Crippen LogP) is 7.92.